The van der Waals surface area contributed by atoms with Gasteiger partial charge in [0.2, 0.25) is 53.2 Å². The molecular formula is C55H103N13O15. The average Bonchev–Trinajstić information content (AvgIpc) is 3.43. The standard InChI is InChI=1S/C55H103N13O15/c1-39(51(56)75)17-9-12-25-59-49(73)37-82-33-32-81-30-28-61-50(74)38-83-34-31-80-29-27-60-46(70)21-15-20-45(69)58-24-14-11-19-44(53(77)62-26-13-10-18-40(2)52(57)76)66-48(72)23-16-22-47(71)65-43(35-63-54(5,6)41(3)67-78)36-64-55(7,8)42(4)68-79/h39-40,43-44,63-64,78-79H,9-38H2,1-8H3,(H2,56,75)(H2,57,76)(H,58,69)(H,59,73)(H,60,70)(H,61,74)(H,62,77)(H,65,71)(H,66,72)/b67-41-,68-42-/t39-,40-,44-/m0/s1. The lowest BCUT2D eigenvalue weighted by Crippen LogP contribution is -2.57. The molecule has 0 heterocycles. The number of ether oxygens (including phenoxy) is 4. The van der Waals surface area contributed by atoms with E-state index in [1.165, 1.54) is 0 Å². The predicted octanol–water partition coefficient (Wildman–Crippen LogP) is 0.134. The van der Waals surface area contributed by atoms with Gasteiger partial charge < -0.3 is 88.7 Å². The minimum Gasteiger partial charge on any atom is -0.411 e. The summed E-state index contributed by atoms with van der Waals surface area (Å²) in [5.41, 5.74) is 10.1. The number of hydrogen-bond acceptors (Lipinski definition) is 19. The lowest BCUT2D eigenvalue weighted by atomic mass is 9.98. The SMILES string of the molecule is C/C(=N/O)C(C)(C)NCC(CNC(C)(C)/C(C)=N\O)NC(=O)CCCC(=O)N[C@@H](CCCCNC(=O)CCCC(=O)NCCOCCOCC(=O)NCCOCCOCC(=O)NCCCC[C@H](C)C(N)=O)C(=O)NCCCC[C@H](C)C(N)=O. The molecule has 15 N–H and O–H groups in total. The molecule has 0 fully saturated rings. The number of hydrogen-bond donors (Lipinski definition) is 13. The van der Waals surface area contributed by atoms with Gasteiger partial charge in [-0.25, -0.2) is 0 Å². The zero-order valence-electron chi connectivity index (χ0n) is 50.8. The molecule has 0 bridgehead atoms. The number of primary amides is 2. The van der Waals surface area contributed by atoms with Crippen molar-refractivity contribution in [2.45, 2.75) is 175 Å². The van der Waals surface area contributed by atoms with Crippen molar-refractivity contribution in [2.75, 3.05) is 98.7 Å². The molecule has 0 aliphatic heterocycles. The second-order valence-electron chi connectivity index (χ2n) is 21.6. The summed E-state index contributed by atoms with van der Waals surface area (Å²) < 4.78 is 21.4. The van der Waals surface area contributed by atoms with Crippen LogP contribution in [0.2, 0.25) is 0 Å². The van der Waals surface area contributed by atoms with Gasteiger partial charge in [-0.15, -0.1) is 0 Å². The van der Waals surface area contributed by atoms with Gasteiger partial charge in [0, 0.05) is 83.3 Å². The minimum absolute atomic E-state index is 0.0182. The molecule has 83 heavy (non-hydrogen) atoms. The summed E-state index contributed by atoms with van der Waals surface area (Å²) in [7, 11) is 0. The van der Waals surface area contributed by atoms with E-state index < -0.39 is 35.0 Å². The first-order chi connectivity index (χ1) is 39.3. The fourth-order valence-corrected chi connectivity index (χ4v) is 7.36. The third kappa shape index (κ3) is 41.6. The Bertz CT molecular complexity index is 1960. The Morgan fingerprint density at radius 3 is 1.24 bits per heavy atom. The van der Waals surface area contributed by atoms with Gasteiger partial charge in [0.05, 0.1) is 68.2 Å². The highest BCUT2D eigenvalue weighted by Gasteiger charge is 2.27. The van der Waals surface area contributed by atoms with Crippen molar-refractivity contribution in [1.82, 2.24) is 47.9 Å². The summed E-state index contributed by atoms with van der Waals surface area (Å²) in [6.45, 7) is 17.5. The molecule has 28 nitrogen and oxygen atoms in total. The summed E-state index contributed by atoms with van der Waals surface area (Å²) in [6.07, 6.45) is 6.09. The number of nitrogens with zero attached hydrogens (tertiary/aromatic N) is 2. The third-order valence-electron chi connectivity index (χ3n) is 13.6. The van der Waals surface area contributed by atoms with Crippen molar-refractivity contribution in [2.24, 2.45) is 33.6 Å². The van der Waals surface area contributed by atoms with Crippen LogP contribution in [0.1, 0.15) is 152 Å². The first-order valence-corrected chi connectivity index (χ1v) is 29.1. The number of carbonyl (C=O) groups excluding carboxylic acids is 9. The van der Waals surface area contributed by atoms with Gasteiger partial charge in [-0.2, -0.15) is 0 Å². The van der Waals surface area contributed by atoms with Gasteiger partial charge in [0.25, 0.3) is 0 Å². The molecule has 3 atom stereocenters. The van der Waals surface area contributed by atoms with Crippen molar-refractivity contribution in [3.8, 4) is 0 Å². The average molecular weight is 1190 g/mol. The smallest absolute Gasteiger partial charge is 0.246 e. The fourth-order valence-electron chi connectivity index (χ4n) is 7.36. The van der Waals surface area contributed by atoms with Gasteiger partial charge in [0.15, 0.2) is 0 Å². The van der Waals surface area contributed by atoms with Crippen molar-refractivity contribution in [3.05, 3.63) is 0 Å². The number of nitrogens with one attached hydrogen (secondary N) is 9. The van der Waals surface area contributed by atoms with Crippen LogP contribution in [0.15, 0.2) is 10.3 Å². The van der Waals surface area contributed by atoms with Crippen LogP contribution in [-0.2, 0) is 62.1 Å². The maximum atomic E-state index is 13.3. The maximum Gasteiger partial charge on any atom is 0.246 e. The third-order valence-corrected chi connectivity index (χ3v) is 13.6. The van der Waals surface area contributed by atoms with Crippen LogP contribution >= 0.6 is 0 Å². The molecule has 0 aromatic carbocycles. The Morgan fingerprint density at radius 2 is 0.807 bits per heavy atom. The molecule has 0 saturated carbocycles. The van der Waals surface area contributed by atoms with Crippen molar-refractivity contribution in [3.63, 3.8) is 0 Å². The minimum atomic E-state index is -0.876. The first kappa shape index (κ1) is 76.9. The topological polar surface area (TPSA) is 416 Å². The Morgan fingerprint density at radius 1 is 0.446 bits per heavy atom. The molecule has 0 aromatic rings. The molecule has 0 aliphatic rings. The van der Waals surface area contributed by atoms with E-state index in [1.54, 1.807) is 27.7 Å². The zero-order valence-corrected chi connectivity index (χ0v) is 50.8. The largest absolute Gasteiger partial charge is 0.411 e. The second-order valence-corrected chi connectivity index (χ2v) is 21.6. The number of carbonyl (C=O) groups is 9. The van der Waals surface area contributed by atoms with E-state index in [9.17, 15) is 53.6 Å². The lowest BCUT2D eigenvalue weighted by Gasteiger charge is -2.32. The number of amides is 9. The van der Waals surface area contributed by atoms with Crippen LogP contribution < -0.4 is 59.3 Å². The second kappa shape index (κ2) is 46.3. The Balaban J connectivity index is 4.57. The van der Waals surface area contributed by atoms with Crippen molar-refractivity contribution in [1.29, 1.82) is 0 Å². The highest BCUT2D eigenvalue weighted by Crippen LogP contribution is 2.11. The van der Waals surface area contributed by atoms with Gasteiger partial charge in [0.1, 0.15) is 19.3 Å². The predicted molar refractivity (Wildman–Crippen MR) is 312 cm³/mol. The van der Waals surface area contributed by atoms with Crippen LogP contribution in [0, 0.1) is 11.8 Å². The summed E-state index contributed by atoms with van der Waals surface area (Å²) in [4.78, 5) is 111. The van der Waals surface area contributed by atoms with Gasteiger partial charge >= 0.3 is 0 Å². The molecule has 0 spiro atoms. The number of oxime groups is 2. The summed E-state index contributed by atoms with van der Waals surface area (Å²) in [5, 5.41) is 51.5. The van der Waals surface area contributed by atoms with Gasteiger partial charge in [-0.05, 0) is 99.3 Å². The number of unbranched alkanes of at least 4 members (excludes halogenated alkanes) is 3. The Labute approximate surface area is 490 Å². The molecule has 0 unspecified atom stereocenters. The zero-order chi connectivity index (χ0) is 62.5. The molecule has 9 amide bonds. The van der Waals surface area contributed by atoms with E-state index in [1.807, 2.05) is 27.7 Å². The van der Waals surface area contributed by atoms with Crippen LogP contribution in [0.25, 0.3) is 0 Å². The van der Waals surface area contributed by atoms with Crippen molar-refractivity contribution >= 4 is 64.6 Å². The Kier molecular flexibility index (Phi) is 42.9. The highest BCUT2D eigenvalue weighted by molar-refractivity contribution is 5.91. The summed E-state index contributed by atoms with van der Waals surface area (Å²) >= 11 is 0. The first-order valence-electron chi connectivity index (χ1n) is 29.1. The van der Waals surface area contributed by atoms with E-state index in [0.717, 1.165) is 12.8 Å². The molecule has 0 radical (unpaired) electrons. The van der Waals surface area contributed by atoms with E-state index in [2.05, 4.69) is 58.2 Å². The van der Waals surface area contributed by atoms with Crippen LogP contribution in [-0.4, -0.2) is 197 Å². The number of nitrogens with two attached hydrogens (primary N) is 2. The van der Waals surface area contributed by atoms with Crippen LogP contribution in [0.4, 0.5) is 0 Å². The molecule has 28 heteroatoms. The molecule has 0 aliphatic carbocycles. The van der Waals surface area contributed by atoms with Gasteiger partial charge in [-0.1, -0.05) is 37.0 Å². The number of rotatable bonds is 52. The van der Waals surface area contributed by atoms with Gasteiger partial charge in [-0.3, -0.25) is 43.2 Å². The van der Waals surface area contributed by atoms with Crippen molar-refractivity contribution < 1.29 is 72.5 Å². The van der Waals surface area contributed by atoms with E-state index in [4.69, 9.17) is 30.4 Å². The molecule has 0 rings (SSSR count). The molecule has 478 valence electrons. The van der Waals surface area contributed by atoms with E-state index >= 15 is 0 Å². The normalized spacial score (nSPS) is 13.4. The monoisotopic (exact) mass is 1190 g/mol. The lowest BCUT2D eigenvalue weighted by molar-refractivity contribution is -0.129. The maximum absolute atomic E-state index is 13.3. The van der Waals surface area contributed by atoms with Crippen LogP contribution in [0.5, 0.6) is 0 Å². The molecule has 0 aromatic heterocycles. The molecular weight excluding hydrogens is 1080 g/mol. The Hall–Kier alpha value is -6.07. The van der Waals surface area contributed by atoms with Crippen LogP contribution in [0.3, 0.4) is 0 Å². The fraction of sp³-hybridized carbons (Fsp3) is 0.800. The highest BCUT2D eigenvalue weighted by atomic mass is 16.5. The summed E-state index contributed by atoms with van der Waals surface area (Å²) in [5.74, 6) is -3.34. The molecule has 0 saturated heterocycles. The van der Waals surface area contributed by atoms with E-state index in [0.29, 0.717) is 76.0 Å². The summed E-state index contributed by atoms with van der Waals surface area (Å²) in [6, 6.07) is -1.33. The quantitative estimate of drug-likeness (QED) is 0.0167. The van der Waals surface area contributed by atoms with E-state index in [-0.39, 0.29) is 171 Å².